The first kappa shape index (κ1) is 27.7. The van der Waals surface area contributed by atoms with Crippen LogP contribution in [0.2, 0.25) is 0 Å². The molecule has 0 saturated heterocycles. The molecule has 0 fully saturated rings. The summed E-state index contributed by atoms with van der Waals surface area (Å²) in [7, 11) is -12.1. The molecule has 0 aliphatic rings. The van der Waals surface area contributed by atoms with E-state index in [9.17, 15) is 13.7 Å². The van der Waals surface area contributed by atoms with Crippen LogP contribution >= 0.6 is 23.0 Å². The van der Waals surface area contributed by atoms with Crippen molar-refractivity contribution in [3.63, 3.8) is 0 Å². The van der Waals surface area contributed by atoms with E-state index >= 15 is 0 Å². The predicted octanol–water partition coefficient (Wildman–Crippen LogP) is 2.85. The van der Waals surface area contributed by atoms with E-state index in [2.05, 4.69) is 22.2 Å². The molecular weight excluding hydrogens is 413 g/mol. The van der Waals surface area contributed by atoms with Crippen LogP contribution in [0.5, 0.6) is 0 Å². The summed E-state index contributed by atoms with van der Waals surface area (Å²) in [5.74, 6) is 0. The lowest BCUT2D eigenvalue weighted by Gasteiger charge is -2.16. The Morgan fingerprint density at radius 3 is 1.62 bits per heavy atom. The largest absolute Gasteiger partial charge is 0.501 e. The third-order valence-electron chi connectivity index (χ3n) is 2.10. The van der Waals surface area contributed by atoms with E-state index in [1.807, 2.05) is 0 Å². The Bertz CT molecular complexity index is 521. The number of ether oxygens (including phenoxy) is 2. The average Bonchev–Trinajstić information content (AvgIpc) is 2.46. The summed E-state index contributed by atoms with van der Waals surface area (Å²) < 4.78 is 55.8. The Kier molecular flexibility index (Phi) is 15.5. The number of hydrogen-bond donors (Lipinski definition) is 3. The van der Waals surface area contributed by atoms with Crippen LogP contribution in [0.4, 0.5) is 0 Å². The molecule has 0 aliphatic heterocycles. The fraction of sp³-hybridized carbons (Fsp3) is 0.667. The van der Waals surface area contributed by atoms with Gasteiger partial charge in [-0.15, -0.1) is 0 Å². The second-order valence-corrected chi connectivity index (χ2v) is 9.72. The van der Waals surface area contributed by atoms with Crippen LogP contribution in [-0.2, 0) is 36.5 Å². The Labute approximate surface area is 153 Å². The molecule has 14 heteroatoms. The summed E-state index contributed by atoms with van der Waals surface area (Å²) in [6.07, 6.45) is 2.10. The van der Waals surface area contributed by atoms with Crippen molar-refractivity contribution in [3.05, 3.63) is 25.7 Å². The maximum atomic E-state index is 11.7. The molecule has 1 atom stereocenters. The van der Waals surface area contributed by atoms with Gasteiger partial charge in [0.2, 0.25) is 0 Å². The molecule has 0 aliphatic carbocycles. The smallest absolute Gasteiger partial charge is 0.476 e. The number of rotatable bonds is 14. The average molecular weight is 440 g/mol. The minimum absolute atomic E-state index is 0.197. The Morgan fingerprint density at radius 1 is 0.846 bits per heavy atom. The second kappa shape index (κ2) is 14.6. The monoisotopic (exact) mass is 440 g/mol. The zero-order valence-electron chi connectivity index (χ0n) is 14.8. The summed E-state index contributed by atoms with van der Waals surface area (Å²) in [6.45, 7) is 11.0. The minimum Gasteiger partial charge on any atom is -0.501 e. The van der Waals surface area contributed by atoms with Gasteiger partial charge in [0.25, 0.3) is 0 Å². The van der Waals surface area contributed by atoms with Crippen LogP contribution in [0, 0.1) is 0 Å². The van der Waals surface area contributed by atoms with Crippen LogP contribution in [0.3, 0.4) is 0 Å². The Hall–Kier alpha value is -0.470. The molecule has 0 aromatic rings. The van der Waals surface area contributed by atoms with Crippen molar-refractivity contribution in [3.8, 4) is 0 Å². The third-order valence-corrected chi connectivity index (χ3v) is 6.75. The van der Waals surface area contributed by atoms with Crippen LogP contribution in [0.15, 0.2) is 25.7 Å². The van der Waals surface area contributed by atoms with Gasteiger partial charge in [-0.2, -0.15) is 0 Å². The van der Waals surface area contributed by atoms with Gasteiger partial charge in [0.1, 0.15) is 0 Å². The quantitative estimate of drug-likeness (QED) is 0.207. The van der Waals surface area contributed by atoms with E-state index < -0.39 is 29.2 Å². The molecule has 0 radical (unpaired) electrons. The summed E-state index contributed by atoms with van der Waals surface area (Å²) in [5.41, 5.74) is 0. The van der Waals surface area contributed by atoms with E-state index in [1.165, 1.54) is 6.26 Å². The van der Waals surface area contributed by atoms with Gasteiger partial charge in [-0.3, -0.25) is 9.13 Å². The van der Waals surface area contributed by atoms with Crippen molar-refractivity contribution >= 4 is 23.0 Å². The van der Waals surface area contributed by atoms with E-state index in [1.54, 1.807) is 13.8 Å². The Balaban J connectivity index is 0. The molecule has 0 amide bonds. The standard InChI is InChI=1S/C8H17O4P.C4H10O7P2/c1-4-10-7-8-13(9,11-5-2)12-6-3;1-2-10-3-4-12(5,6)11-13(7,8)9/h4H,1,5-8H2,2-3H3;2H,1,3-4H2,(H,5,6)(H2,7,8,9). The number of phosphoric acid groups is 1. The lowest BCUT2D eigenvalue weighted by Crippen LogP contribution is -2.04. The molecule has 0 aromatic carbocycles. The maximum absolute atomic E-state index is 11.7. The molecule has 0 saturated carbocycles. The van der Waals surface area contributed by atoms with E-state index in [-0.39, 0.29) is 12.8 Å². The minimum atomic E-state index is -4.93. The van der Waals surface area contributed by atoms with Crippen LogP contribution < -0.4 is 0 Å². The van der Waals surface area contributed by atoms with Gasteiger partial charge in [-0.05, 0) is 13.8 Å². The normalized spacial score (nSPS) is 13.7. The summed E-state index contributed by atoms with van der Waals surface area (Å²) >= 11 is 0. The first-order valence-corrected chi connectivity index (χ1v) is 12.4. The van der Waals surface area contributed by atoms with Crippen molar-refractivity contribution in [2.45, 2.75) is 13.8 Å². The molecule has 0 heterocycles. The molecule has 0 spiro atoms. The highest BCUT2D eigenvalue weighted by molar-refractivity contribution is 7.63. The van der Waals surface area contributed by atoms with Crippen molar-refractivity contribution < 1.29 is 51.2 Å². The van der Waals surface area contributed by atoms with Gasteiger partial charge >= 0.3 is 23.0 Å². The number of hydrogen-bond acceptors (Lipinski definition) is 8. The lowest BCUT2D eigenvalue weighted by molar-refractivity contribution is 0.205. The topological polar surface area (TPSA) is 158 Å². The molecule has 156 valence electrons. The third kappa shape index (κ3) is 18.3. The van der Waals surface area contributed by atoms with E-state index in [4.69, 9.17) is 28.5 Å². The van der Waals surface area contributed by atoms with Gasteiger partial charge in [-0.25, -0.2) is 8.88 Å². The van der Waals surface area contributed by atoms with Crippen molar-refractivity contribution in [2.75, 3.05) is 38.8 Å². The van der Waals surface area contributed by atoms with Crippen LogP contribution in [-0.4, -0.2) is 53.4 Å². The predicted molar refractivity (Wildman–Crippen MR) is 95.8 cm³/mol. The van der Waals surface area contributed by atoms with Gasteiger partial charge in [0, 0.05) is 0 Å². The highest BCUT2D eigenvalue weighted by Crippen LogP contribution is 2.56. The maximum Gasteiger partial charge on any atom is 0.476 e. The molecule has 3 N–H and O–H groups in total. The highest BCUT2D eigenvalue weighted by Gasteiger charge is 2.30. The first-order valence-electron chi connectivity index (χ1n) is 7.37. The summed E-state index contributed by atoms with van der Waals surface area (Å²) in [6, 6.07) is 0. The fourth-order valence-electron chi connectivity index (χ4n) is 1.27. The van der Waals surface area contributed by atoms with Gasteiger partial charge in [-0.1, -0.05) is 13.2 Å². The van der Waals surface area contributed by atoms with Crippen molar-refractivity contribution in [1.82, 2.24) is 0 Å². The molecule has 0 bridgehead atoms. The molecular formula is C12H27O11P3. The van der Waals surface area contributed by atoms with Gasteiger partial charge in [0.15, 0.2) is 0 Å². The molecule has 0 aromatic heterocycles. The van der Waals surface area contributed by atoms with Gasteiger partial charge < -0.3 is 33.2 Å². The van der Waals surface area contributed by atoms with Crippen molar-refractivity contribution in [2.24, 2.45) is 0 Å². The molecule has 11 nitrogen and oxygen atoms in total. The van der Waals surface area contributed by atoms with Crippen LogP contribution in [0.1, 0.15) is 13.8 Å². The molecule has 0 rings (SSSR count). The first-order chi connectivity index (χ1) is 11.9. The lowest BCUT2D eigenvalue weighted by atomic mass is 10.8. The van der Waals surface area contributed by atoms with E-state index in [0.29, 0.717) is 19.8 Å². The SMILES string of the molecule is C=COCCP(=O)(O)OP(=O)(O)O.C=COCCP(=O)(OCC)OCC. The summed E-state index contributed by atoms with van der Waals surface area (Å²) in [4.78, 5) is 25.2. The zero-order chi connectivity index (χ0) is 20.7. The summed E-state index contributed by atoms with van der Waals surface area (Å²) in [5, 5.41) is 0. The molecule has 1 unspecified atom stereocenters. The van der Waals surface area contributed by atoms with E-state index in [0.717, 1.165) is 6.26 Å². The highest BCUT2D eigenvalue weighted by atomic mass is 31.3. The van der Waals surface area contributed by atoms with Crippen molar-refractivity contribution in [1.29, 1.82) is 0 Å². The molecule has 26 heavy (non-hydrogen) atoms. The fourth-order valence-corrected chi connectivity index (χ4v) is 4.71. The Morgan fingerprint density at radius 2 is 1.27 bits per heavy atom. The second-order valence-electron chi connectivity index (χ2n) is 4.18. The van der Waals surface area contributed by atoms with Crippen LogP contribution in [0.25, 0.3) is 0 Å². The zero-order valence-corrected chi connectivity index (χ0v) is 17.4. The van der Waals surface area contributed by atoms with Gasteiger partial charge in [0.05, 0.1) is 51.3 Å².